The van der Waals surface area contributed by atoms with Crippen molar-refractivity contribution in [3.63, 3.8) is 0 Å². The summed E-state index contributed by atoms with van der Waals surface area (Å²) in [5.74, 6) is 5.60. The molecule has 0 amide bonds. The Hall–Kier alpha value is 1.40. The Morgan fingerprint density at radius 2 is 1.07 bits per heavy atom. The first-order chi connectivity index (χ1) is 6.83. The van der Waals surface area contributed by atoms with Crippen molar-refractivity contribution in [2.45, 2.75) is 33.8 Å². The van der Waals surface area contributed by atoms with Crippen LogP contribution in [-0.2, 0) is 0 Å². The van der Waals surface area contributed by atoms with E-state index in [-0.39, 0.29) is 0 Å². The molecule has 4 heteroatoms. The maximum absolute atomic E-state index is 2.26. The maximum atomic E-state index is 2.26. The fourth-order valence-corrected chi connectivity index (χ4v) is 10.1. The second-order valence-electron chi connectivity index (χ2n) is 4.25. The SMILES string of the molecule is C1CC2(CC3(C1)SCCS3)SCCS2. The van der Waals surface area contributed by atoms with Crippen LogP contribution in [0.1, 0.15) is 25.7 Å². The molecule has 3 aliphatic rings. The predicted molar refractivity (Wildman–Crippen MR) is 73.8 cm³/mol. The first kappa shape index (κ1) is 10.5. The van der Waals surface area contributed by atoms with E-state index in [1.54, 1.807) is 0 Å². The highest BCUT2D eigenvalue weighted by molar-refractivity contribution is 8.22. The zero-order valence-corrected chi connectivity index (χ0v) is 11.6. The summed E-state index contributed by atoms with van der Waals surface area (Å²) < 4.78 is 1.28. The molecule has 1 aliphatic carbocycles. The topological polar surface area (TPSA) is 0 Å². The monoisotopic (exact) mass is 264 g/mol. The maximum Gasteiger partial charge on any atom is 0.0633 e. The van der Waals surface area contributed by atoms with Crippen LogP contribution in [0.25, 0.3) is 0 Å². The Labute approximate surface area is 103 Å². The molecule has 0 unspecified atom stereocenters. The minimum Gasteiger partial charge on any atom is -0.143 e. The highest BCUT2D eigenvalue weighted by atomic mass is 32.2. The molecule has 3 rings (SSSR count). The van der Waals surface area contributed by atoms with E-state index in [4.69, 9.17) is 0 Å². The summed E-state index contributed by atoms with van der Waals surface area (Å²) in [6.45, 7) is 0. The van der Waals surface area contributed by atoms with Crippen LogP contribution in [0.5, 0.6) is 0 Å². The summed E-state index contributed by atoms with van der Waals surface area (Å²) >= 11 is 9.05. The highest BCUT2D eigenvalue weighted by Crippen LogP contribution is 2.63. The van der Waals surface area contributed by atoms with Crippen molar-refractivity contribution in [3.05, 3.63) is 0 Å². The number of hydrogen-bond acceptors (Lipinski definition) is 4. The zero-order valence-electron chi connectivity index (χ0n) is 8.29. The van der Waals surface area contributed by atoms with E-state index in [1.165, 1.54) is 48.7 Å². The third-order valence-electron chi connectivity index (χ3n) is 3.28. The van der Waals surface area contributed by atoms with E-state index in [1.807, 2.05) is 0 Å². The second-order valence-corrected chi connectivity index (χ2v) is 10.7. The molecule has 2 aliphatic heterocycles. The molecule has 1 saturated carbocycles. The Morgan fingerprint density at radius 1 is 0.643 bits per heavy atom. The van der Waals surface area contributed by atoms with Crippen molar-refractivity contribution in [2.24, 2.45) is 0 Å². The Bertz CT molecular complexity index is 194. The van der Waals surface area contributed by atoms with Gasteiger partial charge in [-0.3, -0.25) is 0 Å². The van der Waals surface area contributed by atoms with Gasteiger partial charge in [-0.1, -0.05) is 0 Å². The van der Waals surface area contributed by atoms with Gasteiger partial charge in [0.15, 0.2) is 0 Å². The van der Waals surface area contributed by atoms with Crippen molar-refractivity contribution in [2.75, 3.05) is 23.0 Å². The molecule has 80 valence electrons. The van der Waals surface area contributed by atoms with Gasteiger partial charge in [0.05, 0.1) is 8.16 Å². The van der Waals surface area contributed by atoms with Crippen LogP contribution in [0.15, 0.2) is 0 Å². The normalized spacial score (nSPS) is 34.3. The average molecular weight is 265 g/mol. The van der Waals surface area contributed by atoms with E-state index in [9.17, 15) is 0 Å². The van der Waals surface area contributed by atoms with Crippen molar-refractivity contribution in [1.29, 1.82) is 0 Å². The van der Waals surface area contributed by atoms with Crippen LogP contribution < -0.4 is 0 Å². The molecule has 3 fully saturated rings. The third-order valence-corrected chi connectivity index (χ3v) is 10.3. The average Bonchev–Trinajstić information content (AvgIpc) is 2.77. The molecular formula is C10H16S4. The van der Waals surface area contributed by atoms with Gasteiger partial charge < -0.3 is 0 Å². The van der Waals surface area contributed by atoms with Gasteiger partial charge in [-0.2, -0.15) is 0 Å². The summed E-state index contributed by atoms with van der Waals surface area (Å²) in [5.41, 5.74) is 0. The standard InChI is InChI=1S/C10H16S4/c1-2-9(11-4-5-12-9)8-10(3-1)13-6-7-14-10/h1-8H2. The van der Waals surface area contributed by atoms with Crippen molar-refractivity contribution >= 4 is 47.0 Å². The Kier molecular flexibility index (Phi) is 3.02. The smallest absolute Gasteiger partial charge is 0.0633 e. The molecule has 0 aromatic rings. The third kappa shape index (κ3) is 1.85. The lowest BCUT2D eigenvalue weighted by Crippen LogP contribution is -2.35. The second kappa shape index (κ2) is 4.01. The number of thioether (sulfide) groups is 4. The van der Waals surface area contributed by atoms with E-state index in [0.29, 0.717) is 8.16 Å². The van der Waals surface area contributed by atoms with Crippen LogP contribution >= 0.6 is 47.0 Å². The molecule has 0 N–H and O–H groups in total. The summed E-state index contributed by atoms with van der Waals surface area (Å²) in [6.07, 6.45) is 5.90. The van der Waals surface area contributed by atoms with Crippen molar-refractivity contribution < 1.29 is 0 Å². The fraction of sp³-hybridized carbons (Fsp3) is 1.00. The fourth-order valence-electron chi connectivity index (χ4n) is 2.70. The Morgan fingerprint density at radius 3 is 1.50 bits per heavy atom. The summed E-state index contributed by atoms with van der Waals surface area (Å²) in [6, 6.07) is 0. The van der Waals surface area contributed by atoms with Gasteiger partial charge in [0.25, 0.3) is 0 Å². The van der Waals surface area contributed by atoms with Crippen LogP contribution in [-0.4, -0.2) is 31.2 Å². The molecule has 0 nitrogen and oxygen atoms in total. The largest absolute Gasteiger partial charge is 0.143 e. The molecule has 2 spiro atoms. The lowest BCUT2D eigenvalue weighted by Gasteiger charge is -2.42. The van der Waals surface area contributed by atoms with Crippen molar-refractivity contribution in [3.8, 4) is 0 Å². The Balaban J connectivity index is 1.77. The molecule has 0 aromatic heterocycles. The first-order valence-electron chi connectivity index (χ1n) is 5.39. The molecule has 2 heterocycles. The predicted octanol–water partition coefficient (Wildman–Crippen LogP) is 3.91. The minimum absolute atomic E-state index is 0.641. The van der Waals surface area contributed by atoms with E-state index < -0.39 is 0 Å². The van der Waals surface area contributed by atoms with E-state index in [2.05, 4.69) is 47.0 Å². The first-order valence-corrected chi connectivity index (χ1v) is 9.33. The van der Waals surface area contributed by atoms with Gasteiger partial charge in [-0.05, 0) is 25.7 Å². The van der Waals surface area contributed by atoms with Gasteiger partial charge in [0.1, 0.15) is 0 Å². The quantitative estimate of drug-likeness (QED) is 0.650. The molecule has 0 bridgehead atoms. The summed E-state index contributed by atoms with van der Waals surface area (Å²) in [4.78, 5) is 0. The van der Waals surface area contributed by atoms with Crippen LogP contribution in [0, 0.1) is 0 Å². The van der Waals surface area contributed by atoms with Crippen LogP contribution in [0.4, 0.5) is 0 Å². The molecule has 14 heavy (non-hydrogen) atoms. The summed E-state index contributed by atoms with van der Waals surface area (Å²) in [5, 5.41) is 0. The van der Waals surface area contributed by atoms with Crippen LogP contribution in [0.2, 0.25) is 0 Å². The van der Waals surface area contributed by atoms with Gasteiger partial charge in [-0.25, -0.2) is 0 Å². The lowest BCUT2D eigenvalue weighted by molar-refractivity contribution is 0.482. The van der Waals surface area contributed by atoms with Crippen molar-refractivity contribution in [1.82, 2.24) is 0 Å². The summed E-state index contributed by atoms with van der Waals surface area (Å²) in [7, 11) is 0. The van der Waals surface area contributed by atoms with Gasteiger partial charge in [0.2, 0.25) is 0 Å². The molecule has 0 atom stereocenters. The number of hydrogen-bond donors (Lipinski definition) is 0. The lowest BCUT2D eigenvalue weighted by atomic mass is 9.98. The van der Waals surface area contributed by atoms with E-state index >= 15 is 0 Å². The molecule has 0 radical (unpaired) electrons. The van der Waals surface area contributed by atoms with Crippen LogP contribution in [0.3, 0.4) is 0 Å². The number of rotatable bonds is 0. The highest BCUT2D eigenvalue weighted by Gasteiger charge is 2.49. The molecule has 0 aromatic carbocycles. The van der Waals surface area contributed by atoms with E-state index in [0.717, 1.165) is 0 Å². The van der Waals surface area contributed by atoms with Gasteiger partial charge in [0, 0.05) is 23.0 Å². The van der Waals surface area contributed by atoms with Gasteiger partial charge in [-0.15, -0.1) is 47.0 Å². The minimum atomic E-state index is 0.641. The molecule has 2 saturated heterocycles. The van der Waals surface area contributed by atoms with Gasteiger partial charge >= 0.3 is 0 Å². The zero-order chi connectivity index (χ0) is 9.49. The molecular weight excluding hydrogens is 248 g/mol.